The van der Waals surface area contributed by atoms with Crippen molar-refractivity contribution in [1.82, 2.24) is 0 Å². The van der Waals surface area contributed by atoms with E-state index in [1.165, 1.54) is 5.56 Å². The molecule has 5 heteroatoms. The zero-order valence-electron chi connectivity index (χ0n) is 11.7. The first-order valence-electron chi connectivity index (χ1n) is 6.48. The number of rotatable bonds is 4. The molecule has 0 aliphatic carbocycles. The number of ether oxygens (including phenoxy) is 1. The molecule has 0 spiro atoms. The van der Waals surface area contributed by atoms with Gasteiger partial charge in [0.1, 0.15) is 5.75 Å². The zero-order chi connectivity index (χ0) is 15.4. The van der Waals surface area contributed by atoms with Crippen LogP contribution >= 0.6 is 31.9 Å². The fourth-order valence-electron chi connectivity index (χ4n) is 1.96. The third-order valence-corrected chi connectivity index (χ3v) is 4.12. The topological polar surface area (TPSA) is 38.3 Å². The van der Waals surface area contributed by atoms with Gasteiger partial charge in [0.25, 0.3) is 5.91 Å². The van der Waals surface area contributed by atoms with Crippen LogP contribution in [-0.2, 0) is 6.42 Å². The van der Waals surface area contributed by atoms with E-state index in [9.17, 15) is 4.79 Å². The van der Waals surface area contributed by atoms with Gasteiger partial charge in [0.05, 0.1) is 17.1 Å². The van der Waals surface area contributed by atoms with Crippen molar-refractivity contribution in [1.29, 1.82) is 0 Å². The molecular formula is C16H15Br2NO2. The minimum atomic E-state index is -0.210. The van der Waals surface area contributed by atoms with E-state index >= 15 is 0 Å². The predicted molar refractivity (Wildman–Crippen MR) is 92.2 cm³/mol. The Balaban J connectivity index is 2.27. The molecule has 0 atom stereocenters. The van der Waals surface area contributed by atoms with E-state index in [0.717, 1.165) is 21.1 Å². The maximum atomic E-state index is 12.4. The van der Waals surface area contributed by atoms with Gasteiger partial charge in [-0.05, 0) is 52.2 Å². The van der Waals surface area contributed by atoms with Crippen molar-refractivity contribution < 1.29 is 9.53 Å². The Hall–Kier alpha value is -1.33. The van der Waals surface area contributed by atoms with Crippen LogP contribution in [-0.4, -0.2) is 13.0 Å². The molecule has 0 radical (unpaired) electrons. The number of carbonyl (C=O) groups excluding carboxylic acids is 1. The minimum Gasteiger partial charge on any atom is -0.495 e. The van der Waals surface area contributed by atoms with Gasteiger partial charge in [0.15, 0.2) is 0 Å². The van der Waals surface area contributed by atoms with E-state index in [0.29, 0.717) is 11.3 Å². The van der Waals surface area contributed by atoms with E-state index in [4.69, 9.17) is 4.74 Å². The SMILES string of the molecule is CCc1ccc(NC(=O)c2cc(Br)cc(Br)c2OC)cc1. The van der Waals surface area contributed by atoms with E-state index in [1.807, 2.05) is 30.3 Å². The molecule has 2 aromatic carbocycles. The predicted octanol–water partition coefficient (Wildman–Crippen LogP) is 5.03. The molecule has 2 rings (SSSR count). The number of halogens is 2. The second kappa shape index (κ2) is 7.09. The standard InChI is InChI=1S/C16H15Br2NO2/c1-3-10-4-6-12(7-5-10)19-16(20)13-8-11(17)9-14(18)15(13)21-2/h4-9H,3H2,1-2H3,(H,19,20). The number of carbonyl (C=O) groups is 1. The van der Waals surface area contributed by atoms with Gasteiger partial charge in [0, 0.05) is 10.2 Å². The molecule has 0 heterocycles. The first-order valence-corrected chi connectivity index (χ1v) is 8.07. The van der Waals surface area contributed by atoms with Crippen LogP contribution in [0.1, 0.15) is 22.8 Å². The van der Waals surface area contributed by atoms with Crippen LogP contribution in [0.5, 0.6) is 5.75 Å². The lowest BCUT2D eigenvalue weighted by Gasteiger charge is -2.12. The molecule has 0 saturated heterocycles. The third-order valence-electron chi connectivity index (χ3n) is 3.08. The third kappa shape index (κ3) is 3.86. The number of hydrogen-bond acceptors (Lipinski definition) is 2. The van der Waals surface area contributed by atoms with Gasteiger partial charge in [-0.1, -0.05) is 35.0 Å². The van der Waals surface area contributed by atoms with Gasteiger partial charge >= 0.3 is 0 Å². The van der Waals surface area contributed by atoms with Crippen LogP contribution in [0.25, 0.3) is 0 Å². The molecule has 1 N–H and O–H groups in total. The minimum absolute atomic E-state index is 0.210. The largest absolute Gasteiger partial charge is 0.495 e. The molecule has 110 valence electrons. The summed E-state index contributed by atoms with van der Waals surface area (Å²) in [5, 5.41) is 2.88. The van der Waals surface area contributed by atoms with Crippen LogP contribution in [0, 0.1) is 0 Å². The van der Waals surface area contributed by atoms with Crippen molar-refractivity contribution in [2.24, 2.45) is 0 Å². The summed E-state index contributed by atoms with van der Waals surface area (Å²) < 4.78 is 6.83. The van der Waals surface area contributed by atoms with Crippen LogP contribution in [0.2, 0.25) is 0 Å². The van der Waals surface area contributed by atoms with Crippen molar-refractivity contribution in [2.45, 2.75) is 13.3 Å². The van der Waals surface area contributed by atoms with Gasteiger partial charge in [-0.25, -0.2) is 0 Å². The van der Waals surface area contributed by atoms with Crippen LogP contribution in [0.4, 0.5) is 5.69 Å². The normalized spacial score (nSPS) is 10.3. The van der Waals surface area contributed by atoms with Crippen molar-refractivity contribution in [3.05, 3.63) is 56.5 Å². The zero-order valence-corrected chi connectivity index (χ0v) is 14.9. The number of aryl methyl sites for hydroxylation is 1. The van der Waals surface area contributed by atoms with Gasteiger partial charge < -0.3 is 10.1 Å². The molecule has 0 saturated carbocycles. The lowest BCUT2D eigenvalue weighted by molar-refractivity contribution is 0.102. The van der Waals surface area contributed by atoms with Crippen LogP contribution in [0.15, 0.2) is 45.3 Å². The molecule has 0 aliphatic rings. The smallest absolute Gasteiger partial charge is 0.259 e. The molecule has 0 aliphatic heterocycles. The van der Waals surface area contributed by atoms with Crippen molar-refractivity contribution in [2.75, 3.05) is 12.4 Å². The molecule has 0 fully saturated rings. The fourth-order valence-corrected chi connectivity index (χ4v) is 3.35. The summed E-state index contributed by atoms with van der Waals surface area (Å²) in [5.74, 6) is 0.305. The van der Waals surface area contributed by atoms with Crippen LogP contribution < -0.4 is 10.1 Å². The maximum absolute atomic E-state index is 12.4. The molecule has 0 bridgehead atoms. The summed E-state index contributed by atoms with van der Waals surface area (Å²) in [6.07, 6.45) is 0.973. The Bertz CT molecular complexity index is 654. The van der Waals surface area contributed by atoms with Gasteiger partial charge in [0.2, 0.25) is 0 Å². The van der Waals surface area contributed by atoms with Crippen LogP contribution in [0.3, 0.4) is 0 Å². The number of benzene rings is 2. The number of hydrogen-bond donors (Lipinski definition) is 1. The molecular weight excluding hydrogens is 398 g/mol. The summed E-state index contributed by atoms with van der Waals surface area (Å²) in [5.41, 5.74) is 2.46. The number of nitrogens with one attached hydrogen (secondary N) is 1. The Kier molecular flexibility index (Phi) is 5.42. The van der Waals surface area contributed by atoms with E-state index in [1.54, 1.807) is 13.2 Å². The van der Waals surface area contributed by atoms with Gasteiger partial charge in [-0.15, -0.1) is 0 Å². The monoisotopic (exact) mass is 411 g/mol. The van der Waals surface area contributed by atoms with Gasteiger partial charge in [-0.3, -0.25) is 4.79 Å². The highest BCUT2D eigenvalue weighted by molar-refractivity contribution is 9.11. The Morgan fingerprint density at radius 3 is 2.43 bits per heavy atom. The summed E-state index contributed by atoms with van der Waals surface area (Å²) in [4.78, 5) is 12.4. The summed E-state index contributed by atoms with van der Waals surface area (Å²) in [6.45, 7) is 2.09. The first-order chi connectivity index (χ1) is 10.0. The van der Waals surface area contributed by atoms with E-state index in [-0.39, 0.29) is 5.91 Å². The highest BCUT2D eigenvalue weighted by Crippen LogP contribution is 2.33. The quantitative estimate of drug-likeness (QED) is 0.764. The lowest BCUT2D eigenvalue weighted by atomic mass is 10.1. The Morgan fingerprint density at radius 2 is 1.86 bits per heavy atom. The summed E-state index contributed by atoms with van der Waals surface area (Å²) >= 11 is 6.78. The summed E-state index contributed by atoms with van der Waals surface area (Å²) in [7, 11) is 1.54. The summed E-state index contributed by atoms with van der Waals surface area (Å²) in [6, 6.07) is 11.4. The molecule has 21 heavy (non-hydrogen) atoms. The number of anilines is 1. The molecule has 3 nitrogen and oxygen atoms in total. The number of methoxy groups -OCH3 is 1. The maximum Gasteiger partial charge on any atom is 0.259 e. The lowest BCUT2D eigenvalue weighted by Crippen LogP contribution is -2.13. The average molecular weight is 413 g/mol. The molecule has 2 aromatic rings. The molecule has 0 aromatic heterocycles. The van der Waals surface area contributed by atoms with Crippen molar-refractivity contribution in [3.8, 4) is 5.75 Å². The average Bonchev–Trinajstić information content (AvgIpc) is 2.47. The second-order valence-electron chi connectivity index (χ2n) is 4.47. The number of amides is 1. The highest BCUT2D eigenvalue weighted by Gasteiger charge is 2.16. The van der Waals surface area contributed by atoms with E-state index < -0.39 is 0 Å². The Labute approximate surface area is 141 Å². The highest BCUT2D eigenvalue weighted by atomic mass is 79.9. The van der Waals surface area contributed by atoms with Crippen molar-refractivity contribution >= 4 is 43.5 Å². The Morgan fingerprint density at radius 1 is 1.19 bits per heavy atom. The van der Waals surface area contributed by atoms with Crippen molar-refractivity contribution in [3.63, 3.8) is 0 Å². The second-order valence-corrected chi connectivity index (χ2v) is 6.24. The first kappa shape index (κ1) is 16.0. The fraction of sp³-hybridized carbons (Fsp3) is 0.188. The molecule has 0 unspecified atom stereocenters. The van der Waals surface area contributed by atoms with E-state index in [2.05, 4.69) is 44.1 Å². The van der Waals surface area contributed by atoms with Gasteiger partial charge in [-0.2, -0.15) is 0 Å². The molecule has 1 amide bonds.